The third-order valence-electron chi connectivity index (χ3n) is 8.14. The second-order valence-corrected chi connectivity index (χ2v) is 10.4. The maximum absolute atomic E-state index is 13.8. The van der Waals surface area contributed by atoms with Gasteiger partial charge in [-0.2, -0.15) is 0 Å². The molecule has 3 aliphatic carbocycles. The van der Waals surface area contributed by atoms with E-state index in [1.165, 1.54) is 11.8 Å². The number of amides is 2. The van der Waals surface area contributed by atoms with E-state index in [-0.39, 0.29) is 36.6 Å². The van der Waals surface area contributed by atoms with Gasteiger partial charge in [0.2, 0.25) is 11.8 Å². The minimum absolute atomic E-state index is 0.00144. The third-order valence-corrected chi connectivity index (χ3v) is 8.14. The zero-order valence-corrected chi connectivity index (χ0v) is 21.2. The van der Waals surface area contributed by atoms with E-state index in [9.17, 15) is 39.0 Å². The number of nitrogens with one attached hydrogen (secondary N) is 1. The number of aliphatic hydroxyl groups is 1. The molecular weight excluding hydrogens is 482 g/mol. The van der Waals surface area contributed by atoms with Gasteiger partial charge in [0, 0.05) is 24.9 Å². The van der Waals surface area contributed by atoms with Crippen LogP contribution >= 0.6 is 0 Å². The Morgan fingerprint density at radius 2 is 1.81 bits per heavy atom. The molecule has 2 saturated carbocycles. The summed E-state index contributed by atoms with van der Waals surface area (Å²) in [5.41, 5.74) is 4.15. The number of Topliss-reactive ketones (excluding diaryl/α,β-unsaturated/α-hetero) is 4. The molecule has 2 fully saturated rings. The Morgan fingerprint density at radius 3 is 2.35 bits per heavy atom. The quantitative estimate of drug-likeness (QED) is 0.361. The summed E-state index contributed by atoms with van der Waals surface area (Å²) in [5, 5.41) is 25.2. The first-order valence-electron chi connectivity index (χ1n) is 12.2. The summed E-state index contributed by atoms with van der Waals surface area (Å²) in [6.07, 6.45) is 0.726. The van der Waals surface area contributed by atoms with E-state index < -0.39 is 64.4 Å². The Kier molecular flexibility index (Phi) is 6.58. The van der Waals surface area contributed by atoms with Gasteiger partial charge in [-0.05, 0) is 50.4 Å². The molecule has 0 saturated heterocycles. The van der Waals surface area contributed by atoms with Crippen molar-refractivity contribution in [3.8, 4) is 5.75 Å². The minimum Gasteiger partial charge on any atom is -0.507 e. The van der Waals surface area contributed by atoms with Crippen LogP contribution in [0.2, 0.25) is 0 Å². The lowest BCUT2D eigenvalue weighted by Crippen LogP contribution is -2.74. The second-order valence-electron chi connectivity index (χ2n) is 10.4. The van der Waals surface area contributed by atoms with Crippen molar-refractivity contribution < 1.29 is 39.0 Å². The van der Waals surface area contributed by atoms with Crippen LogP contribution in [-0.2, 0) is 43.4 Å². The van der Waals surface area contributed by atoms with Gasteiger partial charge in [0.25, 0.3) is 0 Å². The number of primary amides is 1. The van der Waals surface area contributed by atoms with E-state index in [0.717, 1.165) is 5.56 Å². The molecule has 1 aromatic carbocycles. The van der Waals surface area contributed by atoms with E-state index in [0.29, 0.717) is 17.5 Å². The molecule has 2 unspecified atom stereocenters. The molecule has 0 radical (unpaired) electrons. The van der Waals surface area contributed by atoms with Crippen molar-refractivity contribution in [2.75, 3.05) is 14.1 Å². The second kappa shape index (κ2) is 9.14. The Balaban J connectivity index is 1.86. The summed E-state index contributed by atoms with van der Waals surface area (Å²) in [5.74, 6) is -11.1. The van der Waals surface area contributed by atoms with Crippen LogP contribution in [0.15, 0.2) is 6.07 Å². The Bertz CT molecular complexity index is 1250. The van der Waals surface area contributed by atoms with Gasteiger partial charge in [0.15, 0.2) is 34.7 Å². The lowest BCUT2D eigenvalue weighted by molar-refractivity contribution is -0.181. The van der Waals surface area contributed by atoms with Crippen LogP contribution < -0.4 is 11.1 Å². The van der Waals surface area contributed by atoms with Gasteiger partial charge >= 0.3 is 0 Å². The molecule has 37 heavy (non-hydrogen) atoms. The van der Waals surface area contributed by atoms with E-state index >= 15 is 0 Å². The highest BCUT2D eigenvalue weighted by atomic mass is 16.3. The summed E-state index contributed by atoms with van der Waals surface area (Å²) < 4.78 is 0. The first kappa shape index (κ1) is 26.6. The smallest absolute Gasteiger partial charge is 0.235 e. The number of ketones is 4. The fourth-order valence-electron chi connectivity index (χ4n) is 6.48. The van der Waals surface area contributed by atoms with E-state index in [2.05, 4.69) is 5.32 Å². The van der Waals surface area contributed by atoms with E-state index in [4.69, 9.17) is 5.73 Å². The summed E-state index contributed by atoms with van der Waals surface area (Å²) in [6.45, 7) is 3.16. The number of aromatic hydroxyl groups is 1. The van der Waals surface area contributed by atoms with Gasteiger partial charge in [0.05, 0.1) is 17.5 Å². The molecular formula is C26H31N3O8. The van der Waals surface area contributed by atoms with E-state index in [1.807, 2.05) is 6.92 Å². The van der Waals surface area contributed by atoms with Crippen molar-refractivity contribution >= 4 is 34.9 Å². The topological polar surface area (TPSA) is 184 Å². The largest absolute Gasteiger partial charge is 0.507 e. The highest BCUT2D eigenvalue weighted by Gasteiger charge is 2.69. The lowest BCUT2D eigenvalue weighted by Gasteiger charge is -2.52. The van der Waals surface area contributed by atoms with Gasteiger partial charge < -0.3 is 21.3 Å². The van der Waals surface area contributed by atoms with Crippen molar-refractivity contribution in [2.24, 2.45) is 29.4 Å². The number of benzene rings is 1. The molecule has 11 heteroatoms. The number of hydrogen-bond donors (Lipinski definition) is 4. The Hall–Kier alpha value is -3.44. The zero-order valence-electron chi connectivity index (χ0n) is 21.2. The number of carbonyl (C=O) groups excluding carboxylic acids is 6. The van der Waals surface area contributed by atoms with Crippen LogP contribution in [0.4, 0.5) is 0 Å². The summed E-state index contributed by atoms with van der Waals surface area (Å²) >= 11 is 0. The SMILES string of the molecule is CCc1cc(CNC(C)=O)c(O)c2c1C[C@H]1C[C@H]3[C@H](N(C)C)C(=O)C(C(N)=O)C(=O)[C@@]3(O)C(=O)C1C2=O. The number of nitrogens with two attached hydrogens (primary N) is 1. The average molecular weight is 514 g/mol. The average Bonchev–Trinajstić information content (AvgIpc) is 2.80. The predicted molar refractivity (Wildman–Crippen MR) is 128 cm³/mol. The number of phenols is 1. The zero-order chi connectivity index (χ0) is 27.6. The molecule has 5 N–H and O–H groups in total. The van der Waals surface area contributed by atoms with Crippen LogP contribution in [0.25, 0.3) is 0 Å². The number of rotatable bonds is 5. The fourth-order valence-corrected chi connectivity index (χ4v) is 6.48. The predicted octanol–water partition coefficient (Wildman–Crippen LogP) is -0.934. The molecule has 0 heterocycles. The molecule has 198 valence electrons. The Labute approximate surface area is 213 Å². The molecule has 1 aromatic rings. The normalized spacial score (nSPS) is 31.0. The first-order chi connectivity index (χ1) is 17.3. The van der Waals surface area contributed by atoms with Crippen LogP contribution in [0.1, 0.15) is 47.3 Å². The molecule has 11 nitrogen and oxygen atoms in total. The Morgan fingerprint density at radius 1 is 1.16 bits per heavy atom. The number of carbonyl (C=O) groups is 6. The van der Waals surface area contributed by atoms with Crippen molar-refractivity contribution in [1.29, 1.82) is 0 Å². The maximum atomic E-state index is 13.8. The van der Waals surface area contributed by atoms with Crippen molar-refractivity contribution in [2.45, 2.75) is 51.3 Å². The highest BCUT2D eigenvalue weighted by Crippen LogP contribution is 2.51. The lowest BCUT2D eigenvalue weighted by atomic mass is 9.52. The maximum Gasteiger partial charge on any atom is 0.235 e. The molecule has 4 rings (SSSR count). The molecule has 0 spiro atoms. The van der Waals surface area contributed by atoms with Gasteiger partial charge in [-0.1, -0.05) is 13.0 Å². The first-order valence-corrected chi connectivity index (χ1v) is 12.2. The van der Waals surface area contributed by atoms with Crippen molar-refractivity contribution in [3.63, 3.8) is 0 Å². The summed E-state index contributed by atoms with van der Waals surface area (Å²) in [7, 11) is 3.08. The van der Waals surface area contributed by atoms with Gasteiger partial charge in [-0.15, -0.1) is 0 Å². The van der Waals surface area contributed by atoms with Gasteiger partial charge in [-0.3, -0.25) is 33.7 Å². The fraction of sp³-hybridized carbons (Fsp3) is 0.538. The third kappa shape index (κ3) is 3.79. The number of aryl methyl sites for hydroxylation is 1. The molecule has 2 amide bonds. The van der Waals surface area contributed by atoms with E-state index in [1.54, 1.807) is 20.2 Å². The van der Waals surface area contributed by atoms with Gasteiger partial charge in [-0.25, -0.2) is 0 Å². The molecule has 3 aliphatic rings. The molecule has 0 bridgehead atoms. The standard InChI is InChI=1S/C26H31N3O8/c1-5-11-6-13(9-28-10(2)30)20(31)17-14(11)7-12-8-15-19(29(3)4)22(33)18(25(27)36)24(35)26(15,37)23(34)16(12)21(17)32/h6,12,15-16,18-19,31,37H,5,7-9H2,1-4H3,(H2,27,36)(H,28,30)/t12-,15-,16?,18?,19-,26-/m0/s1. The number of nitrogens with zero attached hydrogens (tertiary/aromatic N) is 1. The number of fused-ring (bicyclic) bond motifs is 3. The number of likely N-dealkylation sites (N-methyl/N-ethyl adjacent to an activating group) is 1. The van der Waals surface area contributed by atoms with Crippen LogP contribution in [-0.4, -0.2) is 75.8 Å². The van der Waals surface area contributed by atoms with Crippen molar-refractivity contribution in [1.82, 2.24) is 10.2 Å². The van der Waals surface area contributed by atoms with Crippen LogP contribution in [0.5, 0.6) is 5.75 Å². The number of hydrogen-bond acceptors (Lipinski definition) is 9. The molecule has 0 aliphatic heterocycles. The monoisotopic (exact) mass is 513 g/mol. The van der Waals surface area contributed by atoms with Crippen LogP contribution in [0.3, 0.4) is 0 Å². The van der Waals surface area contributed by atoms with Crippen molar-refractivity contribution in [3.05, 3.63) is 28.3 Å². The summed E-state index contributed by atoms with van der Waals surface area (Å²) in [6, 6.07) is 0.576. The van der Waals surface area contributed by atoms with Crippen LogP contribution in [0, 0.1) is 23.7 Å². The van der Waals surface area contributed by atoms with Gasteiger partial charge in [0.1, 0.15) is 5.75 Å². The minimum atomic E-state index is -2.76. The molecule has 0 aromatic heterocycles. The molecule has 6 atom stereocenters. The highest BCUT2D eigenvalue weighted by molar-refractivity contribution is 6.32. The number of phenolic OH excluding ortho intramolecular Hbond substituents is 1. The summed E-state index contributed by atoms with van der Waals surface area (Å²) in [4.78, 5) is 79.0.